The van der Waals surface area contributed by atoms with Crippen molar-refractivity contribution in [1.29, 1.82) is 0 Å². The van der Waals surface area contributed by atoms with E-state index in [-0.39, 0.29) is 23.6 Å². The lowest BCUT2D eigenvalue weighted by Crippen LogP contribution is -2.45. The molecular formula is C19H20N2O2S. The third kappa shape index (κ3) is 3.46. The fraction of sp³-hybridized carbons (Fsp3) is 0.263. The first-order valence-corrected chi connectivity index (χ1v) is 8.97. The summed E-state index contributed by atoms with van der Waals surface area (Å²) in [5.41, 5.74) is 3.93. The number of fused-ring (bicyclic) bond motifs is 1. The van der Waals surface area contributed by atoms with Crippen LogP contribution in [0.2, 0.25) is 0 Å². The molecule has 0 saturated carbocycles. The van der Waals surface area contributed by atoms with Gasteiger partial charge in [-0.05, 0) is 37.1 Å². The summed E-state index contributed by atoms with van der Waals surface area (Å²) in [4.78, 5) is 26.3. The molecule has 1 N–H and O–H groups in total. The quantitative estimate of drug-likeness (QED) is 0.925. The minimum Gasteiger partial charge on any atom is -0.323 e. The first-order chi connectivity index (χ1) is 11.6. The number of hydrogen-bond donors (Lipinski definition) is 1. The van der Waals surface area contributed by atoms with Crippen molar-refractivity contribution in [3.63, 3.8) is 0 Å². The molecule has 0 spiro atoms. The number of amides is 2. The predicted molar refractivity (Wildman–Crippen MR) is 99.4 cm³/mol. The molecule has 3 rings (SSSR count). The van der Waals surface area contributed by atoms with E-state index in [0.717, 1.165) is 11.4 Å². The molecule has 0 fully saturated rings. The summed E-state index contributed by atoms with van der Waals surface area (Å²) in [7, 11) is 0. The molecule has 0 bridgehead atoms. The zero-order valence-corrected chi connectivity index (χ0v) is 14.6. The lowest BCUT2D eigenvalue weighted by Gasteiger charge is -2.31. The van der Waals surface area contributed by atoms with Gasteiger partial charge in [0.2, 0.25) is 11.8 Å². The minimum atomic E-state index is -0.219. The van der Waals surface area contributed by atoms with Crippen LogP contribution in [0.5, 0.6) is 0 Å². The van der Waals surface area contributed by atoms with Gasteiger partial charge < -0.3 is 5.32 Å². The van der Waals surface area contributed by atoms with E-state index < -0.39 is 0 Å². The maximum Gasteiger partial charge on any atom is 0.244 e. The van der Waals surface area contributed by atoms with Crippen LogP contribution in [0, 0.1) is 6.92 Å². The molecule has 1 heterocycles. The van der Waals surface area contributed by atoms with Crippen LogP contribution in [-0.2, 0) is 15.3 Å². The maximum atomic E-state index is 12.8. The number of carbonyl (C=O) groups is 2. The Balaban J connectivity index is 1.72. The van der Waals surface area contributed by atoms with Crippen LogP contribution in [0.4, 0.5) is 11.4 Å². The second-order valence-electron chi connectivity index (χ2n) is 5.87. The summed E-state index contributed by atoms with van der Waals surface area (Å²) in [6, 6.07) is 15.6. The standard InChI is InChI=1S/C19H20N2O2S/c1-13-7-3-4-8-15(13)12-24-14(2)19(23)21-11-18(22)20-16-9-5-6-10-17(16)21/h3-10,14H,11-12H2,1-2H3,(H,20,22)/t14-/m1/s1. The lowest BCUT2D eigenvalue weighted by molar-refractivity contribution is -0.121. The Bertz CT molecular complexity index is 775. The largest absolute Gasteiger partial charge is 0.323 e. The average molecular weight is 340 g/mol. The highest BCUT2D eigenvalue weighted by atomic mass is 32.2. The zero-order valence-electron chi connectivity index (χ0n) is 13.8. The number of anilines is 2. The number of aryl methyl sites for hydroxylation is 1. The predicted octanol–water partition coefficient (Wildman–Crippen LogP) is 3.60. The number of hydrogen-bond acceptors (Lipinski definition) is 3. The van der Waals surface area contributed by atoms with Gasteiger partial charge in [-0.1, -0.05) is 36.4 Å². The van der Waals surface area contributed by atoms with Crippen molar-refractivity contribution in [3.05, 3.63) is 59.7 Å². The Morgan fingerprint density at radius 1 is 1.21 bits per heavy atom. The number of para-hydroxylation sites is 2. The van der Waals surface area contributed by atoms with Gasteiger partial charge in [0.1, 0.15) is 6.54 Å². The summed E-state index contributed by atoms with van der Waals surface area (Å²) in [6.07, 6.45) is 0. The van der Waals surface area contributed by atoms with E-state index in [1.807, 2.05) is 43.3 Å². The molecule has 0 unspecified atom stereocenters. The molecule has 5 heteroatoms. The van der Waals surface area contributed by atoms with Crippen LogP contribution < -0.4 is 10.2 Å². The topological polar surface area (TPSA) is 49.4 Å². The van der Waals surface area contributed by atoms with Crippen LogP contribution in [0.3, 0.4) is 0 Å². The van der Waals surface area contributed by atoms with Gasteiger partial charge >= 0.3 is 0 Å². The summed E-state index contributed by atoms with van der Waals surface area (Å²) < 4.78 is 0. The van der Waals surface area contributed by atoms with E-state index >= 15 is 0 Å². The van der Waals surface area contributed by atoms with Crippen molar-refractivity contribution < 1.29 is 9.59 Å². The van der Waals surface area contributed by atoms with E-state index in [1.165, 1.54) is 11.1 Å². The van der Waals surface area contributed by atoms with Gasteiger partial charge in [0, 0.05) is 5.75 Å². The molecular weight excluding hydrogens is 320 g/mol. The van der Waals surface area contributed by atoms with Gasteiger partial charge in [0.15, 0.2) is 0 Å². The van der Waals surface area contributed by atoms with Crippen molar-refractivity contribution in [1.82, 2.24) is 0 Å². The van der Waals surface area contributed by atoms with E-state index in [4.69, 9.17) is 0 Å². The fourth-order valence-corrected chi connectivity index (χ4v) is 3.73. The molecule has 4 nitrogen and oxygen atoms in total. The van der Waals surface area contributed by atoms with Gasteiger partial charge in [-0.15, -0.1) is 11.8 Å². The molecule has 2 amide bonds. The summed E-state index contributed by atoms with van der Waals surface area (Å²) in [5, 5.41) is 2.59. The normalized spacial score (nSPS) is 14.8. The van der Waals surface area contributed by atoms with Crippen LogP contribution in [0.1, 0.15) is 18.1 Å². The van der Waals surface area contributed by atoms with Crippen LogP contribution >= 0.6 is 11.8 Å². The molecule has 1 aliphatic rings. The van der Waals surface area contributed by atoms with Crippen LogP contribution in [-0.4, -0.2) is 23.6 Å². The monoisotopic (exact) mass is 340 g/mol. The Labute approximate surface area is 146 Å². The van der Waals surface area contributed by atoms with E-state index in [0.29, 0.717) is 5.69 Å². The van der Waals surface area contributed by atoms with Crippen molar-refractivity contribution >= 4 is 35.0 Å². The van der Waals surface area contributed by atoms with Gasteiger partial charge in [0.05, 0.1) is 16.6 Å². The third-order valence-corrected chi connectivity index (χ3v) is 5.31. The Hall–Kier alpha value is -2.27. The Morgan fingerprint density at radius 2 is 1.92 bits per heavy atom. The summed E-state index contributed by atoms with van der Waals surface area (Å²) in [6.45, 7) is 4.05. The van der Waals surface area contributed by atoms with Crippen molar-refractivity contribution in [2.45, 2.75) is 24.9 Å². The second kappa shape index (κ2) is 7.09. The van der Waals surface area contributed by atoms with Gasteiger partial charge in [-0.3, -0.25) is 14.5 Å². The number of carbonyl (C=O) groups excluding carboxylic acids is 2. The minimum absolute atomic E-state index is 0.0316. The molecule has 2 aromatic rings. The van der Waals surface area contributed by atoms with Crippen LogP contribution in [0.25, 0.3) is 0 Å². The van der Waals surface area contributed by atoms with Gasteiger partial charge in [-0.2, -0.15) is 0 Å². The molecule has 1 aliphatic heterocycles. The number of nitrogens with one attached hydrogen (secondary N) is 1. The van der Waals surface area contributed by atoms with E-state index in [2.05, 4.69) is 24.4 Å². The Kier molecular flexibility index (Phi) is 4.90. The molecule has 0 radical (unpaired) electrons. The molecule has 0 aromatic heterocycles. The second-order valence-corrected chi connectivity index (χ2v) is 7.20. The first kappa shape index (κ1) is 16.6. The molecule has 2 aromatic carbocycles. The summed E-state index contributed by atoms with van der Waals surface area (Å²) >= 11 is 1.60. The van der Waals surface area contributed by atoms with Gasteiger partial charge in [0.25, 0.3) is 0 Å². The fourth-order valence-electron chi connectivity index (χ4n) is 2.71. The highest BCUT2D eigenvalue weighted by Gasteiger charge is 2.29. The highest BCUT2D eigenvalue weighted by molar-refractivity contribution is 7.99. The first-order valence-electron chi connectivity index (χ1n) is 7.92. The maximum absolute atomic E-state index is 12.8. The molecule has 0 aliphatic carbocycles. The molecule has 0 saturated heterocycles. The molecule has 24 heavy (non-hydrogen) atoms. The average Bonchev–Trinajstić information content (AvgIpc) is 2.59. The zero-order chi connectivity index (χ0) is 17.1. The molecule has 124 valence electrons. The third-order valence-electron chi connectivity index (χ3n) is 4.13. The number of nitrogens with zero attached hydrogens (tertiary/aromatic N) is 1. The number of benzene rings is 2. The molecule has 1 atom stereocenters. The van der Waals surface area contributed by atoms with Crippen molar-refractivity contribution in [2.24, 2.45) is 0 Å². The highest BCUT2D eigenvalue weighted by Crippen LogP contribution is 2.31. The van der Waals surface area contributed by atoms with E-state index in [1.54, 1.807) is 16.7 Å². The Morgan fingerprint density at radius 3 is 2.71 bits per heavy atom. The summed E-state index contributed by atoms with van der Waals surface area (Å²) in [5.74, 6) is 0.593. The van der Waals surface area contributed by atoms with Crippen molar-refractivity contribution in [3.8, 4) is 0 Å². The lowest BCUT2D eigenvalue weighted by atomic mass is 10.1. The number of thioether (sulfide) groups is 1. The smallest absolute Gasteiger partial charge is 0.244 e. The van der Waals surface area contributed by atoms with E-state index in [9.17, 15) is 9.59 Å². The SMILES string of the molecule is Cc1ccccc1CS[C@H](C)C(=O)N1CC(=O)Nc2ccccc21. The van der Waals surface area contributed by atoms with Crippen molar-refractivity contribution in [2.75, 3.05) is 16.8 Å². The number of rotatable bonds is 4. The van der Waals surface area contributed by atoms with Crippen LogP contribution in [0.15, 0.2) is 48.5 Å². The van der Waals surface area contributed by atoms with Gasteiger partial charge in [-0.25, -0.2) is 0 Å².